The lowest BCUT2D eigenvalue weighted by atomic mass is 10.2. The van der Waals surface area contributed by atoms with Gasteiger partial charge in [-0.15, -0.1) is 0 Å². The van der Waals surface area contributed by atoms with E-state index in [9.17, 15) is 13.2 Å². The molecular weight excluding hydrogens is 337 g/mol. The molecule has 0 aliphatic carbocycles. The minimum atomic E-state index is -4.64. The van der Waals surface area contributed by atoms with Gasteiger partial charge in [0.05, 0.1) is 0 Å². The van der Waals surface area contributed by atoms with Crippen molar-refractivity contribution in [1.82, 2.24) is 9.97 Å². The zero-order chi connectivity index (χ0) is 14.9. The van der Waals surface area contributed by atoms with Crippen LogP contribution in [0.4, 0.5) is 30.5 Å². The molecule has 0 unspecified atom stereocenters. The summed E-state index contributed by atoms with van der Waals surface area (Å²) in [5.74, 6) is -1.53. The lowest BCUT2D eigenvalue weighted by molar-refractivity contribution is -0.144. The van der Waals surface area contributed by atoms with Crippen molar-refractivity contribution in [3.8, 4) is 0 Å². The first-order valence-corrected chi connectivity index (χ1v) is 6.30. The molecular formula is C12H10BrF3N4. The number of hydrogen-bond acceptors (Lipinski definition) is 4. The number of rotatable bonds is 2. The number of nitrogen functional groups attached to an aromatic ring is 1. The molecule has 0 bridgehead atoms. The number of hydrogen-bond donors (Lipinski definition) is 2. The number of nitrogens with two attached hydrogens (primary N) is 1. The predicted molar refractivity (Wildman–Crippen MR) is 73.6 cm³/mol. The second-order valence-corrected chi connectivity index (χ2v) is 4.94. The van der Waals surface area contributed by atoms with Crippen molar-refractivity contribution in [2.75, 3.05) is 11.1 Å². The third kappa shape index (κ3) is 3.38. The van der Waals surface area contributed by atoms with E-state index in [1.165, 1.54) is 6.07 Å². The maximum Gasteiger partial charge on any atom is 0.451 e. The van der Waals surface area contributed by atoms with Gasteiger partial charge >= 0.3 is 6.18 Å². The molecule has 0 amide bonds. The highest BCUT2D eigenvalue weighted by molar-refractivity contribution is 9.10. The molecule has 4 nitrogen and oxygen atoms in total. The Balaban J connectivity index is 2.33. The fraction of sp³-hybridized carbons (Fsp3) is 0.167. The van der Waals surface area contributed by atoms with Gasteiger partial charge in [-0.25, -0.2) is 9.97 Å². The second kappa shape index (κ2) is 5.28. The van der Waals surface area contributed by atoms with Gasteiger partial charge in [-0.2, -0.15) is 13.2 Å². The van der Waals surface area contributed by atoms with Crippen LogP contribution < -0.4 is 11.1 Å². The minimum absolute atomic E-state index is 0.0134. The van der Waals surface area contributed by atoms with Gasteiger partial charge in [-0.1, -0.05) is 22.0 Å². The first kappa shape index (κ1) is 14.6. The fourth-order valence-corrected chi connectivity index (χ4v) is 1.85. The Hall–Kier alpha value is -1.83. The van der Waals surface area contributed by atoms with Gasteiger partial charge in [0.25, 0.3) is 0 Å². The maximum absolute atomic E-state index is 12.6. The van der Waals surface area contributed by atoms with Crippen molar-refractivity contribution in [1.29, 1.82) is 0 Å². The average molecular weight is 347 g/mol. The number of alkyl halides is 3. The first-order chi connectivity index (χ1) is 9.25. The molecule has 0 aliphatic heterocycles. The van der Waals surface area contributed by atoms with Crippen molar-refractivity contribution >= 4 is 33.3 Å². The summed E-state index contributed by atoms with van der Waals surface area (Å²) in [4.78, 5) is 6.58. The Morgan fingerprint density at radius 3 is 2.50 bits per heavy atom. The summed E-state index contributed by atoms with van der Waals surface area (Å²) in [5, 5.41) is 2.76. The van der Waals surface area contributed by atoms with Gasteiger partial charge in [0.2, 0.25) is 5.82 Å². The summed E-state index contributed by atoms with van der Waals surface area (Å²) in [6, 6.07) is 6.52. The van der Waals surface area contributed by atoms with Crippen LogP contribution in [0.15, 0.2) is 28.7 Å². The van der Waals surface area contributed by atoms with E-state index in [4.69, 9.17) is 5.73 Å². The van der Waals surface area contributed by atoms with Crippen LogP contribution in [0.25, 0.3) is 0 Å². The summed E-state index contributed by atoms with van der Waals surface area (Å²) in [7, 11) is 0. The van der Waals surface area contributed by atoms with Crippen molar-refractivity contribution in [3.05, 3.63) is 40.1 Å². The Morgan fingerprint density at radius 2 is 1.90 bits per heavy atom. The molecule has 0 spiro atoms. The van der Waals surface area contributed by atoms with Crippen LogP contribution in [-0.2, 0) is 6.18 Å². The SMILES string of the molecule is Cc1ccc(Nc2cc(N)nc(C(F)(F)F)n2)cc1Br. The zero-order valence-electron chi connectivity index (χ0n) is 10.3. The van der Waals surface area contributed by atoms with Gasteiger partial charge in [-0.05, 0) is 24.6 Å². The number of aromatic nitrogens is 2. The first-order valence-electron chi connectivity index (χ1n) is 5.50. The topological polar surface area (TPSA) is 63.8 Å². The molecule has 1 heterocycles. The Bertz CT molecular complexity index is 643. The smallest absolute Gasteiger partial charge is 0.384 e. The van der Waals surface area contributed by atoms with Gasteiger partial charge in [0.15, 0.2) is 0 Å². The molecule has 106 valence electrons. The van der Waals surface area contributed by atoms with Crippen LogP contribution in [0.3, 0.4) is 0 Å². The van der Waals surface area contributed by atoms with Crippen molar-refractivity contribution in [2.24, 2.45) is 0 Å². The van der Waals surface area contributed by atoms with Crippen LogP contribution in [0.5, 0.6) is 0 Å². The third-order valence-electron chi connectivity index (χ3n) is 2.44. The molecule has 20 heavy (non-hydrogen) atoms. The molecule has 2 aromatic rings. The molecule has 3 N–H and O–H groups in total. The van der Waals surface area contributed by atoms with E-state index < -0.39 is 12.0 Å². The standard InChI is InChI=1S/C12H10BrF3N4/c1-6-2-3-7(4-8(6)13)18-10-5-9(17)19-11(20-10)12(14,15)16/h2-5H,1H3,(H3,17,18,19,20). The molecule has 2 rings (SSSR count). The molecule has 1 aromatic heterocycles. The maximum atomic E-state index is 12.6. The monoisotopic (exact) mass is 346 g/mol. The van der Waals surface area contributed by atoms with Crippen molar-refractivity contribution < 1.29 is 13.2 Å². The number of aryl methyl sites for hydroxylation is 1. The summed E-state index contributed by atoms with van der Waals surface area (Å²) in [5.41, 5.74) is 6.96. The van der Waals surface area contributed by atoms with E-state index in [0.29, 0.717) is 5.69 Å². The molecule has 1 aromatic carbocycles. The minimum Gasteiger partial charge on any atom is -0.384 e. The molecule has 0 atom stereocenters. The van der Waals surface area contributed by atoms with Crippen molar-refractivity contribution in [2.45, 2.75) is 13.1 Å². The van der Waals surface area contributed by atoms with Gasteiger partial charge in [-0.3, -0.25) is 0 Å². The molecule has 0 saturated heterocycles. The largest absolute Gasteiger partial charge is 0.451 e. The Kier molecular flexibility index (Phi) is 3.85. The molecule has 0 saturated carbocycles. The number of halogens is 4. The zero-order valence-corrected chi connectivity index (χ0v) is 11.9. The number of nitrogens with zero attached hydrogens (tertiary/aromatic N) is 2. The highest BCUT2D eigenvalue weighted by Gasteiger charge is 2.35. The van der Waals surface area contributed by atoms with E-state index >= 15 is 0 Å². The number of anilines is 3. The van der Waals surface area contributed by atoms with Crippen LogP contribution in [-0.4, -0.2) is 9.97 Å². The molecule has 0 fully saturated rings. The molecule has 0 aliphatic rings. The Labute approximate surface area is 121 Å². The Morgan fingerprint density at radius 1 is 1.20 bits per heavy atom. The van der Waals surface area contributed by atoms with E-state index in [1.807, 2.05) is 13.0 Å². The molecule has 8 heteroatoms. The highest BCUT2D eigenvalue weighted by atomic mass is 79.9. The summed E-state index contributed by atoms with van der Waals surface area (Å²) in [6.45, 7) is 1.90. The van der Waals surface area contributed by atoms with Crippen LogP contribution in [0.1, 0.15) is 11.4 Å². The predicted octanol–water partition coefficient (Wildman–Crippen LogP) is 3.89. The van der Waals surface area contributed by atoms with Gasteiger partial charge in [0, 0.05) is 16.2 Å². The summed E-state index contributed by atoms with van der Waals surface area (Å²) < 4.78 is 38.6. The van der Waals surface area contributed by atoms with E-state index in [2.05, 4.69) is 31.2 Å². The number of benzene rings is 1. The van der Waals surface area contributed by atoms with Crippen molar-refractivity contribution in [3.63, 3.8) is 0 Å². The highest BCUT2D eigenvalue weighted by Crippen LogP contribution is 2.29. The lowest BCUT2D eigenvalue weighted by Gasteiger charge is -2.11. The number of nitrogens with one attached hydrogen (secondary N) is 1. The van der Waals surface area contributed by atoms with Gasteiger partial charge in [0.1, 0.15) is 11.6 Å². The van der Waals surface area contributed by atoms with Crippen LogP contribution in [0.2, 0.25) is 0 Å². The quantitative estimate of drug-likeness (QED) is 0.865. The third-order valence-corrected chi connectivity index (χ3v) is 3.30. The average Bonchev–Trinajstić information content (AvgIpc) is 2.32. The molecule has 0 radical (unpaired) electrons. The van der Waals surface area contributed by atoms with Crippen LogP contribution in [0, 0.1) is 6.92 Å². The van der Waals surface area contributed by atoms with E-state index in [0.717, 1.165) is 10.0 Å². The van der Waals surface area contributed by atoms with E-state index in [1.54, 1.807) is 12.1 Å². The lowest BCUT2D eigenvalue weighted by Crippen LogP contribution is -2.13. The second-order valence-electron chi connectivity index (χ2n) is 4.09. The van der Waals surface area contributed by atoms with Crippen LogP contribution >= 0.6 is 15.9 Å². The van der Waals surface area contributed by atoms with E-state index in [-0.39, 0.29) is 11.6 Å². The summed E-state index contributed by atoms with van der Waals surface area (Å²) in [6.07, 6.45) is -4.64. The fourth-order valence-electron chi connectivity index (χ4n) is 1.48. The normalized spacial score (nSPS) is 11.4. The summed E-state index contributed by atoms with van der Waals surface area (Å²) >= 11 is 3.34. The van der Waals surface area contributed by atoms with Gasteiger partial charge < -0.3 is 11.1 Å².